The summed E-state index contributed by atoms with van der Waals surface area (Å²) in [4.78, 5) is 19.5. The summed E-state index contributed by atoms with van der Waals surface area (Å²) in [5.41, 5.74) is 1.72. The van der Waals surface area contributed by atoms with E-state index in [1.807, 2.05) is 0 Å². The maximum atomic E-state index is 11.6. The van der Waals surface area contributed by atoms with Gasteiger partial charge in [-0.25, -0.2) is 9.78 Å². The fourth-order valence-corrected chi connectivity index (χ4v) is 1.78. The van der Waals surface area contributed by atoms with Crippen LogP contribution in [0.1, 0.15) is 10.4 Å². The van der Waals surface area contributed by atoms with Gasteiger partial charge < -0.3 is 4.74 Å². The number of hydrogen-bond acceptors (Lipinski definition) is 4. The molecular weight excluding hydrogens is 240 g/mol. The van der Waals surface area contributed by atoms with Crippen molar-refractivity contribution in [2.75, 3.05) is 7.11 Å². The Kier molecular flexibility index (Phi) is 3.35. The van der Waals surface area contributed by atoms with E-state index in [0.29, 0.717) is 11.1 Å². The molecule has 2 heterocycles. The number of nitrogens with zero attached hydrogens (tertiary/aromatic N) is 2. The topological polar surface area (TPSA) is 52.1 Å². The molecule has 2 rings (SSSR count). The molecule has 0 aliphatic rings. The lowest BCUT2D eigenvalue weighted by Gasteiger charge is -2.08. The van der Waals surface area contributed by atoms with Gasteiger partial charge in [-0.05, 0) is 23.8 Å². The van der Waals surface area contributed by atoms with Crippen molar-refractivity contribution < 1.29 is 9.53 Å². The highest BCUT2D eigenvalue weighted by Crippen LogP contribution is 2.29. The van der Waals surface area contributed by atoms with Gasteiger partial charge in [0.1, 0.15) is 5.15 Å². The summed E-state index contributed by atoms with van der Waals surface area (Å²) in [5.74, 6) is -0.443. The molecule has 0 aliphatic carbocycles. The van der Waals surface area contributed by atoms with Gasteiger partial charge in [-0.1, -0.05) is 11.6 Å². The van der Waals surface area contributed by atoms with Crippen molar-refractivity contribution >= 4 is 17.6 Å². The molecule has 4 nitrogen and oxygen atoms in total. The Morgan fingerprint density at radius 3 is 2.59 bits per heavy atom. The van der Waals surface area contributed by atoms with E-state index in [1.165, 1.54) is 13.3 Å². The Labute approximate surface area is 103 Å². The van der Waals surface area contributed by atoms with Crippen molar-refractivity contribution in [2.45, 2.75) is 0 Å². The number of pyridine rings is 2. The molecule has 0 bridgehead atoms. The van der Waals surface area contributed by atoms with E-state index in [0.717, 1.165) is 5.56 Å². The minimum atomic E-state index is -0.443. The number of methoxy groups -OCH3 is 1. The summed E-state index contributed by atoms with van der Waals surface area (Å²) in [6, 6.07) is 5.10. The number of carbonyl (C=O) groups is 1. The van der Waals surface area contributed by atoms with Gasteiger partial charge in [0.15, 0.2) is 0 Å². The van der Waals surface area contributed by atoms with Crippen molar-refractivity contribution in [3.05, 3.63) is 47.5 Å². The molecule has 0 aromatic carbocycles. The van der Waals surface area contributed by atoms with Gasteiger partial charge in [-0.3, -0.25) is 4.98 Å². The fraction of sp³-hybridized carbons (Fsp3) is 0.0833. The Balaban J connectivity index is 2.64. The van der Waals surface area contributed by atoms with E-state index < -0.39 is 5.97 Å². The van der Waals surface area contributed by atoms with Gasteiger partial charge in [0, 0.05) is 24.2 Å². The van der Waals surface area contributed by atoms with Gasteiger partial charge in [0.25, 0.3) is 0 Å². The van der Waals surface area contributed by atoms with Crippen LogP contribution >= 0.6 is 11.6 Å². The first-order valence-corrected chi connectivity index (χ1v) is 5.25. The van der Waals surface area contributed by atoms with Crippen LogP contribution in [-0.4, -0.2) is 23.0 Å². The van der Waals surface area contributed by atoms with Crippen LogP contribution in [0.4, 0.5) is 0 Å². The first kappa shape index (κ1) is 11.5. The third-order valence-electron chi connectivity index (χ3n) is 2.28. The lowest BCUT2D eigenvalue weighted by atomic mass is 10.0. The molecule has 0 N–H and O–H groups in total. The predicted molar refractivity (Wildman–Crippen MR) is 63.8 cm³/mol. The van der Waals surface area contributed by atoms with Crippen molar-refractivity contribution in [2.24, 2.45) is 0 Å². The molecule has 86 valence electrons. The van der Waals surface area contributed by atoms with Crippen LogP contribution in [0, 0.1) is 0 Å². The first-order chi connectivity index (χ1) is 8.24. The zero-order valence-corrected chi connectivity index (χ0v) is 9.81. The van der Waals surface area contributed by atoms with Crippen LogP contribution in [0.3, 0.4) is 0 Å². The Morgan fingerprint density at radius 2 is 1.94 bits per heavy atom. The molecule has 0 fully saturated rings. The highest BCUT2D eigenvalue weighted by atomic mass is 35.5. The summed E-state index contributed by atoms with van der Waals surface area (Å²) in [7, 11) is 1.33. The molecule has 0 radical (unpaired) electrons. The molecule has 0 saturated carbocycles. The third-order valence-corrected chi connectivity index (χ3v) is 2.57. The van der Waals surface area contributed by atoms with Crippen LogP contribution < -0.4 is 0 Å². The zero-order valence-electron chi connectivity index (χ0n) is 9.05. The number of aromatic nitrogens is 2. The highest BCUT2D eigenvalue weighted by molar-refractivity contribution is 6.33. The van der Waals surface area contributed by atoms with E-state index in [4.69, 9.17) is 16.3 Å². The normalized spacial score (nSPS) is 10.0. The number of halogens is 1. The zero-order chi connectivity index (χ0) is 12.3. The second-order valence-corrected chi connectivity index (χ2v) is 3.61. The van der Waals surface area contributed by atoms with E-state index in [-0.39, 0.29) is 5.15 Å². The van der Waals surface area contributed by atoms with Crippen LogP contribution in [0.5, 0.6) is 0 Å². The molecule has 2 aromatic rings. The van der Waals surface area contributed by atoms with Gasteiger partial charge in [-0.2, -0.15) is 0 Å². The molecule has 17 heavy (non-hydrogen) atoms. The summed E-state index contributed by atoms with van der Waals surface area (Å²) >= 11 is 6.03. The van der Waals surface area contributed by atoms with Crippen molar-refractivity contribution in [1.82, 2.24) is 9.97 Å². The highest BCUT2D eigenvalue weighted by Gasteiger charge is 2.16. The predicted octanol–water partition coefficient (Wildman–Crippen LogP) is 2.58. The van der Waals surface area contributed by atoms with E-state index in [9.17, 15) is 4.79 Å². The monoisotopic (exact) mass is 248 g/mol. The van der Waals surface area contributed by atoms with Gasteiger partial charge in [0.2, 0.25) is 0 Å². The second kappa shape index (κ2) is 4.93. The molecule has 0 spiro atoms. The van der Waals surface area contributed by atoms with Crippen molar-refractivity contribution in [1.29, 1.82) is 0 Å². The number of ether oxygens (including phenoxy) is 1. The molecule has 0 atom stereocenters. The Morgan fingerprint density at radius 1 is 1.24 bits per heavy atom. The van der Waals surface area contributed by atoms with Crippen LogP contribution in [0.2, 0.25) is 5.15 Å². The largest absolute Gasteiger partial charge is 0.465 e. The summed E-state index contributed by atoms with van der Waals surface area (Å²) in [6.07, 6.45) is 4.72. The number of carbonyl (C=O) groups excluding carboxylic acids is 1. The smallest absolute Gasteiger partial charge is 0.338 e. The van der Waals surface area contributed by atoms with Gasteiger partial charge in [0.05, 0.1) is 12.7 Å². The van der Waals surface area contributed by atoms with E-state index in [1.54, 1.807) is 30.6 Å². The molecule has 0 saturated heterocycles. The van der Waals surface area contributed by atoms with E-state index in [2.05, 4.69) is 9.97 Å². The van der Waals surface area contributed by atoms with Crippen LogP contribution in [0.15, 0.2) is 36.8 Å². The van der Waals surface area contributed by atoms with E-state index >= 15 is 0 Å². The third kappa shape index (κ3) is 2.26. The molecule has 0 amide bonds. The van der Waals surface area contributed by atoms with Gasteiger partial charge in [-0.15, -0.1) is 0 Å². The summed E-state index contributed by atoms with van der Waals surface area (Å²) < 4.78 is 4.71. The minimum absolute atomic E-state index is 0.263. The lowest BCUT2D eigenvalue weighted by molar-refractivity contribution is 0.0601. The van der Waals surface area contributed by atoms with Crippen LogP contribution in [0.25, 0.3) is 11.1 Å². The number of rotatable bonds is 2. The average Bonchev–Trinajstić information content (AvgIpc) is 2.38. The second-order valence-electron chi connectivity index (χ2n) is 3.25. The standard InChI is InChI=1S/C12H9ClN2O2/c1-17-12(16)9-4-7-15-11(13)10(9)8-2-5-14-6-3-8/h2-7H,1H3. The fourth-order valence-electron chi connectivity index (χ4n) is 1.51. The molecule has 0 aliphatic heterocycles. The summed E-state index contributed by atoms with van der Waals surface area (Å²) in [5, 5.41) is 0.263. The number of esters is 1. The summed E-state index contributed by atoms with van der Waals surface area (Å²) in [6.45, 7) is 0. The molecule has 2 aromatic heterocycles. The van der Waals surface area contributed by atoms with Crippen molar-refractivity contribution in [3.8, 4) is 11.1 Å². The quantitative estimate of drug-likeness (QED) is 0.606. The number of hydrogen-bond donors (Lipinski definition) is 0. The average molecular weight is 249 g/mol. The maximum Gasteiger partial charge on any atom is 0.338 e. The van der Waals surface area contributed by atoms with Gasteiger partial charge >= 0.3 is 5.97 Å². The Bertz CT molecular complexity index is 543. The molecule has 0 unspecified atom stereocenters. The Hall–Kier alpha value is -1.94. The molecular formula is C12H9ClN2O2. The van der Waals surface area contributed by atoms with Crippen LogP contribution in [-0.2, 0) is 4.74 Å². The van der Waals surface area contributed by atoms with Crippen molar-refractivity contribution in [3.63, 3.8) is 0 Å². The first-order valence-electron chi connectivity index (χ1n) is 4.87. The maximum absolute atomic E-state index is 11.6. The SMILES string of the molecule is COC(=O)c1ccnc(Cl)c1-c1ccncc1. The lowest BCUT2D eigenvalue weighted by Crippen LogP contribution is -2.04. The molecule has 5 heteroatoms. The minimum Gasteiger partial charge on any atom is -0.465 e.